The Hall–Kier alpha value is -2.99. The van der Waals surface area contributed by atoms with Crippen LogP contribution in [0.25, 0.3) is 6.08 Å². The van der Waals surface area contributed by atoms with E-state index >= 15 is 0 Å². The van der Waals surface area contributed by atoms with Crippen LogP contribution in [0.4, 0.5) is 5.69 Å². The molecule has 1 fully saturated rings. The molecular formula is C23H25N3O2S. The minimum Gasteiger partial charge on any atom is -0.339 e. The second-order valence-electron chi connectivity index (χ2n) is 7.09. The summed E-state index contributed by atoms with van der Waals surface area (Å²) in [7, 11) is 0. The normalized spacial score (nSPS) is 13.9. The van der Waals surface area contributed by atoms with Crippen molar-refractivity contribution >= 4 is 40.9 Å². The molecule has 6 heteroatoms. The Morgan fingerprint density at radius 1 is 1.00 bits per heavy atom. The molecule has 0 aliphatic carbocycles. The van der Waals surface area contributed by atoms with Crippen molar-refractivity contribution in [2.75, 3.05) is 18.4 Å². The maximum atomic E-state index is 12.9. The SMILES string of the molecule is Cc1ccc(C=CC(=O)NC(=S)Nc2ccccc2C(=O)N2CCCCC2)cc1. The van der Waals surface area contributed by atoms with Crippen molar-refractivity contribution in [3.63, 3.8) is 0 Å². The highest BCUT2D eigenvalue weighted by molar-refractivity contribution is 7.80. The van der Waals surface area contributed by atoms with E-state index in [1.54, 1.807) is 18.2 Å². The number of piperidine rings is 1. The first-order valence-corrected chi connectivity index (χ1v) is 10.2. The lowest BCUT2D eigenvalue weighted by Crippen LogP contribution is -2.37. The van der Waals surface area contributed by atoms with Crippen LogP contribution in [0.5, 0.6) is 0 Å². The molecular weight excluding hydrogens is 382 g/mol. The quantitative estimate of drug-likeness (QED) is 0.591. The Morgan fingerprint density at radius 2 is 1.69 bits per heavy atom. The molecule has 0 unspecified atom stereocenters. The average molecular weight is 408 g/mol. The molecule has 0 saturated carbocycles. The van der Waals surface area contributed by atoms with Crippen molar-refractivity contribution in [3.8, 4) is 0 Å². The molecule has 0 spiro atoms. The van der Waals surface area contributed by atoms with Crippen LogP contribution in [-0.2, 0) is 4.79 Å². The van der Waals surface area contributed by atoms with Gasteiger partial charge >= 0.3 is 0 Å². The highest BCUT2D eigenvalue weighted by atomic mass is 32.1. The van der Waals surface area contributed by atoms with Crippen LogP contribution in [0.1, 0.15) is 40.7 Å². The van der Waals surface area contributed by atoms with E-state index in [1.807, 2.05) is 48.2 Å². The predicted octanol–water partition coefficient (Wildman–Crippen LogP) is 4.15. The summed E-state index contributed by atoms with van der Waals surface area (Å²) >= 11 is 5.26. The van der Waals surface area contributed by atoms with Crippen LogP contribution in [0, 0.1) is 6.92 Å². The van der Waals surface area contributed by atoms with Gasteiger partial charge in [-0.15, -0.1) is 0 Å². The number of amides is 2. The number of hydrogen-bond donors (Lipinski definition) is 2. The highest BCUT2D eigenvalue weighted by Gasteiger charge is 2.20. The summed E-state index contributed by atoms with van der Waals surface area (Å²) in [5, 5.41) is 5.77. The van der Waals surface area contributed by atoms with E-state index in [2.05, 4.69) is 10.6 Å². The number of rotatable bonds is 4. The number of benzene rings is 2. The van der Waals surface area contributed by atoms with Crippen LogP contribution < -0.4 is 10.6 Å². The number of nitrogens with zero attached hydrogens (tertiary/aromatic N) is 1. The Balaban J connectivity index is 1.61. The van der Waals surface area contributed by atoms with Crippen LogP contribution in [0.3, 0.4) is 0 Å². The maximum absolute atomic E-state index is 12.9. The Bertz CT molecular complexity index is 916. The van der Waals surface area contributed by atoms with Gasteiger partial charge in [0.05, 0.1) is 11.3 Å². The fraction of sp³-hybridized carbons (Fsp3) is 0.261. The molecule has 1 heterocycles. The van der Waals surface area contributed by atoms with E-state index in [1.165, 1.54) is 6.08 Å². The van der Waals surface area contributed by atoms with Crippen LogP contribution in [0.2, 0.25) is 0 Å². The molecule has 0 bridgehead atoms. The zero-order chi connectivity index (χ0) is 20.6. The molecule has 1 aliphatic heterocycles. The number of hydrogen-bond acceptors (Lipinski definition) is 3. The first kappa shape index (κ1) is 20.7. The zero-order valence-corrected chi connectivity index (χ0v) is 17.3. The summed E-state index contributed by atoms with van der Waals surface area (Å²) < 4.78 is 0. The second-order valence-corrected chi connectivity index (χ2v) is 7.49. The number of thiocarbonyl (C=S) groups is 1. The second kappa shape index (κ2) is 9.98. The third kappa shape index (κ3) is 5.99. The van der Waals surface area contributed by atoms with Gasteiger partial charge in [0.1, 0.15) is 0 Å². The molecule has 2 N–H and O–H groups in total. The first-order chi connectivity index (χ1) is 14.0. The van der Waals surface area contributed by atoms with Gasteiger partial charge in [-0.2, -0.15) is 0 Å². The molecule has 3 rings (SSSR count). The third-order valence-corrected chi connectivity index (χ3v) is 4.99. The van der Waals surface area contributed by atoms with Gasteiger partial charge in [0, 0.05) is 19.2 Å². The van der Waals surface area contributed by atoms with E-state index in [-0.39, 0.29) is 16.9 Å². The van der Waals surface area contributed by atoms with E-state index in [0.29, 0.717) is 11.3 Å². The molecule has 2 aromatic carbocycles. The fourth-order valence-corrected chi connectivity index (χ4v) is 3.41. The predicted molar refractivity (Wildman–Crippen MR) is 121 cm³/mol. The lowest BCUT2D eigenvalue weighted by Gasteiger charge is -2.27. The van der Waals surface area contributed by atoms with Gasteiger partial charge in [-0.1, -0.05) is 42.0 Å². The summed E-state index contributed by atoms with van der Waals surface area (Å²) in [6, 6.07) is 15.1. The van der Waals surface area contributed by atoms with Gasteiger partial charge in [0.25, 0.3) is 5.91 Å². The smallest absolute Gasteiger partial charge is 0.255 e. The summed E-state index contributed by atoms with van der Waals surface area (Å²) in [6.07, 6.45) is 6.39. The van der Waals surface area contributed by atoms with Gasteiger partial charge in [-0.05, 0) is 62.2 Å². The lowest BCUT2D eigenvalue weighted by molar-refractivity contribution is -0.115. The summed E-state index contributed by atoms with van der Waals surface area (Å²) in [5.74, 6) is -0.343. The van der Waals surface area contributed by atoms with E-state index in [9.17, 15) is 9.59 Å². The molecule has 0 radical (unpaired) electrons. The molecule has 1 aliphatic rings. The Kier molecular flexibility index (Phi) is 7.14. The van der Waals surface area contributed by atoms with E-state index in [0.717, 1.165) is 43.5 Å². The highest BCUT2D eigenvalue weighted by Crippen LogP contribution is 2.20. The molecule has 29 heavy (non-hydrogen) atoms. The molecule has 2 amide bonds. The molecule has 0 atom stereocenters. The number of para-hydroxylation sites is 1. The summed E-state index contributed by atoms with van der Waals surface area (Å²) in [4.78, 5) is 26.9. The molecule has 150 valence electrons. The molecule has 5 nitrogen and oxygen atoms in total. The van der Waals surface area contributed by atoms with Crippen LogP contribution in [-0.4, -0.2) is 34.9 Å². The summed E-state index contributed by atoms with van der Waals surface area (Å²) in [5.41, 5.74) is 3.24. The largest absolute Gasteiger partial charge is 0.339 e. The van der Waals surface area contributed by atoms with Gasteiger partial charge in [0.15, 0.2) is 5.11 Å². The monoisotopic (exact) mass is 407 g/mol. The van der Waals surface area contributed by atoms with Crippen molar-refractivity contribution in [1.29, 1.82) is 0 Å². The average Bonchev–Trinajstić information content (AvgIpc) is 2.74. The molecule has 2 aromatic rings. The first-order valence-electron chi connectivity index (χ1n) is 9.78. The van der Waals surface area contributed by atoms with E-state index in [4.69, 9.17) is 12.2 Å². The summed E-state index contributed by atoms with van der Waals surface area (Å²) in [6.45, 7) is 3.56. The number of carbonyl (C=O) groups excluding carboxylic acids is 2. The number of nitrogens with one attached hydrogen (secondary N) is 2. The standard InChI is InChI=1S/C23H25N3O2S/c1-17-9-11-18(12-10-17)13-14-21(27)25-23(29)24-20-8-4-3-7-19(20)22(28)26-15-5-2-6-16-26/h3-4,7-14H,2,5-6,15-16H2,1H3,(H2,24,25,27,29). The topological polar surface area (TPSA) is 61.4 Å². The number of likely N-dealkylation sites (tertiary alicyclic amines) is 1. The number of anilines is 1. The Labute approximate surface area is 176 Å². The zero-order valence-electron chi connectivity index (χ0n) is 16.5. The van der Waals surface area contributed by atoms with Crippen molar-refractivity contribution in [1.82, 2.24) is 10.2 Å². The van der Waals surface area contributed by atoms with Crippen LogP contribution in [0.15, 0.2) is 54.6 Å². The van der Waals surface area contributed by atoms with Gasteiger partial charge in [-0.3, -0.25) is 14.9 Å². The minimum atomic E-state index is -0.331. The fourth-order valence-electron chi connectivity index (χ4n) is 3.20. The number of aryl methyl sites for hydroxylation is 1. The van der Waals surface area contributed by atoms with E-state index < -0.39 is 0 Å². The Morgan fingerprint density at radius 3 is 2.41 bits per heavy atom. The lowest BCUT2D eigenvalue weighted by atomic mass is 10.1. The third-order valence-electron chi connectivity index (χ3n) is 4.79. The van der Waals surface area contributed by atoms with Crippen molar-refractivity contribution in [3.05, 3.63) is 71.3 Å². The number of carbonyl (C=O) groups is 2. The van der Waals surface area contributed by atoms with Crippen molar-refractivity contribution in [2.45, 2.75) is 26.2 Å². The van der Waals surface area contributed by atoms with Crippen LogP contribution >= 0.6 is 12.2 Å². The van der Waals surface area contributed by atoms with Gasteiger partial charge in [0.2, 0.25) is 5.91 Å². The van der Waals surface area contributed by atoms with Crippen molar-refractivity contribution in [2.24, 2.45) is 0 Å². The van der Waals surface area contributed by atoms with Crippen molar-refractivity contribution < 1.29 is 9.59 Å². The minimum absolute atomic E-state index is 0.0128. The van der Waals surface area contributed by atoms with Gasteiger partial charge < -0.3 is 10.2 Å². The maximum Gasteiger partial charge on any atom is 0.255 e. The molecule has 0 aromatic heterocycles. The molecule has 1 saturated heterocycles. The van der Waals surface area contributed by atoms with Gasteiger partial charge in [-0.25, -0.2) is 0 Å².